The summed E-state index contributed by atoms with van der Waals surface area (Å²) in [6.45, 7) is 1.33. The second kappa shape index (κ2) is 4.54. The number of hydrogen-bond acceptors (Lipinski definition) is 2. The van der Waals surface area contributed by atoms with Crippen LogP contribution in [-0.2, 0) is 9.59 Å². The lowest BCUT2D eigenvalue weighted by atomic mass is 9.95. The number of hydrogen-bond donors (Lipinski definition) is 2. The molecule has 7 heteroatoms. The summed E-state index contributed by atoms with van der Waals surface area (Å²) in [4.78, 5) is 22.3. The van der Waals surface area contributed by atoms with Crippen molar-refractivity contribution in [3.63, 3.8) is 0 Å². The van der Waals surface area contributed by atoms with Gasteiger partial charge in [-0.2, -0.15) is 13.2 Å². The summed E-state index contributed by atoms with van der Waals surface area (Å²) >= 11 is 0. The van der Waals surface area contributed by atoms with Crippen LogP contribution in [0.4, 0.5) is 13.2 Å². The van der Waals surface area contributed by atoms with Crippen molar-refractivity contribution in [1.82, 2.24) is 5.32 Å². The maximum absolute atomic E-state index is 11.9. The number of amides is 1. The number of carbonyl (C=O) groups is 2. The molecule has 1 aliphatic carbocycles. The molecule has 0 unspecified atom stereocenters. The summed E-state index contributed by atoms with van der Waals surface area (Å²) in [6, 6.07) is 0. The summed E-state index contributed by atoms with van der Waals surface area (Å²) in [5, 5.41) is 11.2. The van der Waals surface area contributed by atoms with E-state index in [1.165, 1.54) is 6.92 Å². The molecule has 1 rings (SSSR count). The molecule has 1 fully saturated rings. The normalized spacial score (nSPS) is 19.5. The zero-order chi connectivity index (χ0) is 13.3. The Balaban J connectivity index is 2.51. The average molecular weight is 253 g/mol. The molecule has 0 aliphatic heterocycles. The Morgan fingerprint density at radius 2 is 1.88 bits per heavy atom. The number of carbonyl (C=O) groups excluding carboxylic acids is 1. The van der Waals surface area contributed by atoms with E-state index >= 15 is 0 Å². The van der Waals surface area contributed by atoms with E-state index in [0.29, 0.717) is 12.8 Å². The second-order valence-corrected chi connectivity index (χ2v) is 4.45. The number of aliphatic carboxylic acids is 1. The Labute approximate surface area is 96.2 Å². The number of halogens is 3. The van der Waals surface area contributed by atoms with Gasteiger partial charge >= 0.3 is 12.1 Å². The fourth-order valence-electron chi connectivity index (χ4n) is 1.60. The SMILES string of the molecule is C[C@](NC(=O)CCC(F)(F)F)(C(=O)O)C1CC1. The van der Waals surface area contributed by atoms with Gasteiger partial charge in [0.15, 0.2) is 0 Å². The van der Waals surface area contributed by atoms with Gasteiger partial charge in [-0.05, 0) is 25.7 Å². The van der Waals surface area contributed by atoms with E-state index in [-0.39, 0.29) is 5.92 Å². The highest BCUT2D eigenvalue weighted by Crippen LogP contribution is 2.39. The van der Waals surface area contributed by atoms with E-state index in [1.807, 2.05) is 0 Å². The van der Waals surface area contributed by atoms with Gasteiger partial charge < -0.3 is 10.4 Å². The number of carboxylic acid groups (broad SMARTS) is 1. The van der Waals surface area contributed by atoms with E-state index in [9.17, 15) is 22.8 Å². The van der Waals surface area contributed by atoms with Crippen LogP contribution in [-0.4, -0.2) is 28.7 Å². The molecule has 2 N–H and O–H groups in total. The van der Waals surface area contributed by atoms with Crippen LogP contribution in [0, 0.1) is 5.92 Å². The van der Waals surface area contributed by atoms with Crippen molar-refractivity contribution in [2.24, 2.45) is 5.92 Å². The van der Waals surface area contributed by atoms with E-state index in [4.69, 9.17) is 5.11 Å². The van der Waals surface area contributed by atoms with Gasteiger partial charge in [0.1, 0.15) is 5.54 Å². The van der Waals surface area contributed by atoms with Crippen molar-refractivity contribution >= 4 is 11.9 Å². The molecule has 0 spiro atoms. The summed E-state index contributed by atoms with van der Waals surface area (Å²) < 4.78 is 35.6. The van der Waals surface area contributed by atoms with Gasteiger partial charge in [0.2, 0.25) is 5.91 Å². The molecule has 4 nitrogen and oxygen atoms in total. The Bertz CT molecular complexity index is 325. The lowest BCUT2D eigenvalue weighted by Crippen LogP contribution is -2.54. The highest BCUT2D eigenvalue weighted by Gasteiger charge is 2.48. The minimum Gasteiger partial charge on any atom is -0.480 e. The molecule has 1 amide bonds. The number of carboxylic acids is 1. The van der Waals surface area contributed by atoms with E-state index in [1.54, 1.807) is 0 Å². The summed E-state index contributed by atoms with van der Waals surface area (Å²) in [6.07, 6.45) is -5.04. The highest BCUT2D eigenvalue weighted by molar-refractivity contribution is 5.87. The molecule has 0 aromatic carbocycles. The first-order valence-electron chi connectivity index (χ1n) is 5.26. The molecule has 0 aromatic heterocycles. The molecular weight excluding hydrogens is 239 g/mol. The molecule has 0 bridgehead atoms. The lowest BCUT2D eigenvalue weighted by Gasteiger charge is -2.26. The summed E-state index contributed by atoms with van der Waals surface area (Å²) in [7, 11) is 0. The molecule has 1 aliphatic rings. The lowest BCUT2D eigenvalue weighted by molar-refractivity contribution is -0.151. The Kier molecular flexibility index (Phi) is 3.68. The third-order valence-corrected chi connectivity index (χ3v) is 2.87. The zero-order valence-electron chi connectivity index (χ0n) is 9.30. The van der Waals surface area contributed by atoms with Crippen molar-refractivity contribution in [1.29, 1.82) is 0 Å². The Morgan fingerprint density at radius 3 is 2.24 bits per heavy atom. The van der Waals surface area contributed by atoms with Crippen molar-refractivity contribution in [3.05, 3.63) is 0 Å². The fourth-order valence-corrected chi connectivity index (χ4v) is 1.60. The van der Waals surface area contributed by atoms with Crippen LogP contribution in [0.15, 0.2) is 0 Å². The van der Waals surface area contributed by atoms with Crippen LogP contribution in [0.5, 0.6) is 0 Å². The highest BCUT2D eigenvalue weighted by atomic mass is 19.4. The zero-order valence-corrected chi connectivity index (χ0v) is 9.30. The molecule has 1 saturated carbocycles. The van der Waals surface area contributed by atoms with Gasteiger partial charge in [-0.15, -0.1) is 0 Å². The van der Waals surface area contributed by atoms with Crippen LogP contribution < -0.4 is 5.32 Å². The van der Waals surface area contributed by atoms with Gasteiger partial charge in [-0.25, -0.2) is 4.79 Å². The molecule has 0 radical (unpaired) electrons. The van der Waals surface area contributed by atoms with Crippen LogP contribution in [0.3, 0.4) is 0 Å². The molecule has 98 valence electrons. The molecule has 0 heterocycles. The largest absolute Gasteiger partial charge is 0.480 e. The predicted molar refractivity (Wildman–Crippen MR) is 52.2 cm³/mol. The maximum atomic E-state index is 11.9. The molecule has 17 heavy (non-hydrogen) atoms. The third kappa shape index (κ3) is 3.90. The Morgan fingerprint density at radius 1 is 1.35 bits per heavy atom. The number of alkyl halides is 3. The van der Waals surface area contributed by atoms with Crippen LogP contribution in [0.2, 0.25) is 0 Å². The average Bonchev–Trinajstić information content (AvgIpc) is 2.96. The molecule has 0 saturated heterocycles. The van der Waals surface area contributed by atoms with Gasteiger partial charge in [0.05, 0.1) is 6.42 Å². The van der Waals surface area contributed by atoms with Crippen molar-refractivity contribution < 1.29 is 27.9 Å². The van der Waals surface area contributed by atoms with Crippen molar-refractivity contribution in [3.8, 4) is 0 Å². The topological polar surface area (TPSA) is 66.4 Å². The predicted octanol–water partition coefficient (Wildman–Crippen LogP) is 1.70. The maximum Gasteiger partial charge on any atom is 0.389 e. The van der Waals surface area contributed by atoms with Crippen LogP contribution in [0.25, 0.3) is 0 Å². The summed E-state index contributed by atoms with van der Waals surface area (Å²) in [5.41, 5.74) is -1.44. The first-order valence-corrected chi connectivity index (χ1v) is 5.26. The van der Waals surface area contributed by atoms with Crippen molar-refractivity contribution in [2.75, 3.05) is 0 Å². The minimum atomic E-state index is -4.41. The third-order valence-electron chi connectivity index (χ3n) is 2.87. The first-order chi connectivity index (χ1) is 7.65. The van der Waals surface area contributed by atoms with E-state index < -0.39 is 36.4 Å². The minimum absolute atomic E-state index is 0.185. The van der Waals surface area contributed by atoms with E-state index in [2.05, 4.69) is 5.32 Å². The van der Waals surface area contributed by atoms with Crippen molar-refractivity contribution in [2.45, 2.75) is 44.3 Å². The quantitative estimate of drug-likeness (QED) is 0.783. The monoisotopic (exact) mass is 253 g/mol. The van der Waals surface area contributed by atoms with Gasteiger partial charge in [-0.1, -0.05) is 0 Å². The summed E-state index contributed by atoms with van der Waals surface area (Å²) in [5.74, 6) is -2.27. The molecule has 0 aromatic rings. The number of rotatable bonds is 5. The van der Waals surface area contributed by atoms with Gasteiger partial charge in [0.25, 0.3) is 0 Å². The fraction of sp³-hybridized carbons (Fsp3) is 0.800. The van der Waals surface area contributed by atoms with Crippen LogP contribution in [0.1, 0.15) is 32.6 Å². The molecule has 1 atom stereocenters. The van der Waals surface area contributed by atoms with Gasteiger partial charge in [-0.3, -0.25) is 4.79 Å². The standard InChI is InChI=1S/C10H14F3NO3/c1-9(8(16)17,6-2-3-6)14-7(15)4-5-10(11,12)13/h6H,2-5H2,1H3,(H,14,15)(H,16,17)/t9-/m1/s1. The van der Waals surface area contributed by atoms with Crippen LogP contribution >= 0.6 is 0 Å². The molecular formula is C10H14F3NO3. The second-order valence-electron chi connectivity index (χ2n) is 4.45. The van der Waals surface area contributed by atoms with E-state index in [0.717, 1.165) is 0 Å². The number of nitrogens with one attached hydrogen (secondary N) is 1. The Hall–Kier alpha value is -1.27. The smallest absolute Gasteiger partial charge is 0.389 e. The van der Waals surface area contributed by atoms with Gasteiger partial charge in [0, 0.05) is 6.42 Å². The first kappa shape index (κ1) is 13.8.